The normalized spacial score (nSPS) is 10.6. The van der Waals surface area contributed by atoms with E-state index >= 15 is 0 Å². The molecule has 0 radical (unpaired) electrons. The number of hydrogen-bond donors (Lipinski definition) is 0. The summed E-state index contributed by atoms with van der Waals surface area (Å²) in [5, 5.41) is 18.0. The predicted octanol–water partition coefficient (Wildman–Crippen LogP) is 4.23. The molecular weight excluding hydrogens is 347 g/mol. The van der Waals surface area contributed by atoms with E-state index in [1.54, 1.807) is 24.3 Å². The Labute approximate surface area is 125 Å². The lowest BCUT2D eigenvalue weighted by molar-refractivity contribution is 1.47. The number of nitriles is 2. The molecule has 0 aromatic heterocycles. The van der Waals surface area contributed by atoms with E-state index in [1.165, 1.54) is 0 Å². The van der Waals surface area contributed by atoms with Gasteiger partial charge >= 0.3 is 0 Å². The van der Waals surface area contributed by atoms with E-state index in [0.29, 0.717) is 11.1 Å². The van der Waals surface area contributed by atoms with E-state index in [0.717, 1.165) is 14.7 Å². The molecule has 0 atom stereocenters. The minimum Gasteiger partial charge on any atom is -0.192 e. The highest BCUT2D eigenvalue weighted by molar-refractivity contribution is 14.1. The monoisotopic (exact) mass is 356 g/mol. The van der Waals surface area contributed by atoms with E-state index in [4.69, 9.17) is 5.26 Å². The Bertz CT molecular complexity index is 701. The lowest BCUT2D eigenvalue weighted by Crippen LogP contribution is -1.83. The van der Waals surface area contributed by atoms with Crippen LogP contribution in [-0.2, 0) is 0 Å². The molecule has 2 rings (SSSR count). The molecule has 90 valence electrons. The van der Waals surface area contributed by atoms with Crippen LogP contribution in [0.5, 0.6) is 0 Å². The Kier molecular flexibility index (Phi) is 4.33. The zero-order chi connectivity index (χ0) is 13.7. The summed E-state index contributed by atoms with van der Waals surface area (Å²) in [6.45, 7) is 0. The maximum Gasteiger partial charge on any atom is 0.0998 e. The van der Waals surface area contributed by atoms with Crippen molar-refractivity contribution < 1.29 is 0 Å². The zero-order valence-corrected chi connectivity index (χ0v) is 12.1. The minimum atomic E-state index is 0.589. The summed E-state index contributed by atoms with van der Waals surface area (Å²) in [5.41, 5.74) is 3.00. The summed E-state index contributed by atoms with van der Waals surface area (Å²) in [4.78, 5) is 0. The standard InChI is InChI=1S/C16H9IN2/c17-16-3-1-2-13(9-16)8-15(11-19)14-6-4-12(10-18)5-7-14/h1-9H. The fourth-order valence-corrected chi connectivity index (χ4v) is 2.23. The molecule has 19 heavy (non-hydrogen) atoms. The van der Waals surface area contributed by atoms with Crippen molar-refractivity contribution in [2.45, 2.75) is 0 Å². The van der Waals surface area contributed by atoms with Crippen LogP contribution in [0.3, 0.4) is 0 Å². The Morgan fingerprint density at radius 3 is 2.37 bits per heavy atom. The van der Waals surface area contributed by atoms with Gasteiger partial charge in [0.15, 0.2) is 0 Å². The fraction of sp³-hybridized carbons (Fsp3) is 0. The molecule has 0 bridgehead atoms. The molecule has 2 aromatic carbocycles. The van der Waals surface area contributed by atoms with Crippen LogP contribution in [0.25, 0.3) is 11.6 Å². The van der Waals surface area contributed by atoms with Crippen LogP contribution in [0.2, 0.25) is 0 Å². The molecule has 0 spiro atoms. The smallest absolute Gasteiger partial charge is 0.0998 e. The molecule has 0 saturated heterocycles. The van der Waals surface area contributed by atoms with Gasteiger partial charge in [0.2, 0.25) is 0 Å². The third-order valence-electron chi connectivity index (χ3n) is 2.61. The third-order valence-corrected chi connectivity index (χ3v) is 3.28. The van der Waals surface area contributed by atoms with Crippen LogP contribution in [0, 0.1) is 26.2 Å². The largest absolute Gasteiger partial charge is 0.192 e. The molecule has 0 unspecified atom stereocenters. The summed E-state index contributed by atoms with van der Waals surface area (Å²) < 4.78 is 1.13. The molecule has 0 N–H and O–H groups in total. The van der Waals surface area contributed by atoms with Crippen molar-refractivity contribution in [3.8, 4) is 12.1 Å². The topological polar surface area (TPSA) is 47.6 Å². The fourth-order valence-electron chi connectivity index (χ4n) is 1.67. The van der Waals surface area contributed by atoms with E-state index in [9.17, 15) is 5.26 Å². The van der Waals surface area contributed by atoms with Crippen LogP contribution in [-0.4, -0.2) is 0 Å². The molecule has 0 aliphatic heterocycles. The van der Waals surface area contributed by atoms with Crippen LogP contribution in [0.4, 0.5) is 0 Å². The average Bonchev–Trinajstić information content (AvgIpc) is 2.45. The summed E-state index contributed by atoms with van der Waals surface area (Å²) in [6, 6.07) is 19.2. The van der Waals surface area contributed by atoms with Crippen molar-refractivity contribution in [3.05, 3.63) is 68.8 Å². The first-order valence-electron chi connectivity index (χ1n) is 5.61. The van der Waals surface area contributed by atoms with Crippen LogP contribution < -0.4 is 0 Å². The van der Waals surface area contributed by atoms with E-state index < -0.39 is 0 Å². The lowest BCUT2D eigenvalue weighted by atomic mass is 10.0. The number of nitrogens with zero attached hydrogens (tertiary/aromatic N) is 2. The second-order valence-corrected chi connectivity index (χ2v) is 5.16. The van der Waals surface area contributed by atoms with Gasteiger partial charge in [0.1, 0.15) is 0 Å². The van der Waals surface area contributed by atoms with Gasteiger partial charge < -0.3 is 0 Å². The number of benzene rings is 2. The molecule has 2 nitrogen and oxygen atoms in total. The molecular formula is C16H9IN2. The number of halogens is 1. The van der Waals surface area contributed by atoms with Gasteiger partial charge in [-0.2, -0.15) is 10.5 Å². The predicted molar refractivity (Wildman–Crippen MR) is 83.8 cm³/mol. The Balaban J connectivity index is 2.40. The second-order valence-electron chi connectivity index (χ2n) is 3.91. The second kappa shape index (κ2) is 6.17. The average molecular weight is 356 g/mol. The number of hydrogen-bond acceptors (Lipinski definition) is 2. The highest BCUT2D eigenvalue weighted by Gasteiger charge is 2.01. The molecule has 0 heterocycles. The highest BCUT2D eigenvalue weighted by atomic mass is 127. The SMILES string of the molecule is N#CC(=Cc1cccc(I)c1)c1ccc(C#N)cc1. The van der Waals surface area contributed by atoms with E-state index in [1.807, 2.05) is 30.3 Å². The first-order valence-corrected chi connectivity index (χ1v) is 6.69. The van der Waals surface area contributed by atoms with Crippen molar-refractivity contribution in [2.75, 3.05) is 0 Å². The quantitative estimate of drug-likeness (QED) is 0.459. The molecule has 0 amide bonds. The summed E-state index contributed by atoms with van der Waals surface area (Å²) in [5.74, 6) is 0. The van der Waals surface area contributed by atoms with Gasteiger partial charge in [0.25, 0.3) is 0 Å². The van der Waals surface area contributed by atoms with Gasteiger partial charge in [-0.05, 0) is 64.1 Å². The first-order chi connectivity index (χ1) is 9.22. The van der Waals surface area contributed by atoms with Gasteiger partial charge in [-0.3, -0.25) is 0 Å². The van der Waals surface area contributed by atoms with Gasteiger partial charge in [-0.15, -0.1) is 0 Å². The summed E-state index contributed by atoms with van der Waals surface area (Å²) >= 11 is 2.24. The number of rotatable bonds is 2. The van der Waals surface area contributed by atoms with Crippen molar-refractivity contribution in [1.82, 2.24) is 0 Å². The molecule has 3 heteroatoms. The molecule has 0 fully saturated rings. The zero-order valence-electron chi connectivity index (χ0n) is 9.97. The third kappa shape index (κ3) is 3.43. The van der Waals surface area contributed by atoms with Crippen LogP contribution in [0.1, 0.15) is 16.7 Å². The summed E-state index contributed by atoms with van der Waals surface area (Å²) in [7, 11) is 0. The van der Waals surface area contributed by atoms with Crippen molar-refractivity contribution in [2.24, 2.45) is 0 Å². The van der Waals surface area contributed by atoms with Crippen LogP contribution in [0.15, 0.2) is 48.5 Å². The Hall–Kier alpha value is -2.11. The first kappa shape index (κ1) is 13.3. The van der Waals surface area contributed by atoms with Crippen molar-refractivity contribution in [3.63, 3.8) is 0 Å². The van der Waals surface area contributed by atoms with Gasteiger partial charge in [-0.1, -0.05) is 24.3 Å². The lowest BCUT2D eigenvalue weighted by Gasteiger charge is -2.00. The highest BCUT2D eigenvalue weighted by Crippen LogP contribution is 2.19. The van der Waals surface area contributed by atoms with Crippen LogP contribution >= 0.6 is 22.6 Å². The number of allylic oxidation sites excluding steroid dienone is 1. The van der Waals surface area contributed by atoms with E-state index in [-0.39, 0.29) is 0 Å². The minimum absolute atomic E-state index is 0.589. The molecule has 0 saturated carbocycles. The maximum absolute atomic E-state index is 9.25. The molecule has 2 aromatic rings. The van der Waals surface area contributed by atoms with Gasteiger partial charge in [0, 0.05) is 3.57 Å². The molecule has 0 aliphatic rings. The van der Waals surface area contributed by atoms with Crippen molar-refractivity contribution >= 4 is 34.2 Å². The van der Waals surface area contributed by atoms with Gasteiger partial charge in [0.05, 0.1) is 23.3 Å². The molecule has 0 aliphatic carbocycles. The van der Waals surface area contributed by atoms with Gasteiger partial charge in [-0.25, -0.2) is 0 Å². The maximum atomic E-state index is 9.25. The summed E-state index contributed by atoms with van der Waals surface area (Å²) in [6.07, 6.45) is 1.85. The Morgan fingerprint density at radius 1 is 1.05 bits per heavy atom. The van der Waals surface area contributed by atoms with E-state index in [2.05, 4.69) is 34.7 Å². The van der Waals surface area contributed by atoms with Crippen molar-refractivity contribution in [1.29, 1.82) is 10.5 Å². The Morgan fingerprint density at radius 2 is 1.79 bits per heavy atom.